The summed E-state index contributed by atoms with van der Waals surface area (Å²) < 4.78 is 5.37. The number of amides is 2. The molecule has 2 aromatic heterocycles. The van der Waals surface area contributed by atoms with Gasteiger partial charge in [0, 0.05) is 15.9 Å². The van der Waals surface area contributed by atoms with Gasteiger partial charge in [0.15, 0.2) is 5.76 Å². The molecular weight excluding hydrogens is 420 g/mol. The minimum Gasteiger partial charge on any atom is -0.459 e. The van der Waals surface area contributed by atoms with E-state index in [-0.39, 0.29) is 23.6 Å². The van der Waals surface area contributed by atoms with Crippen molar-refractivity contribution in [2.24, 2.45) is 0 Å². The Morgan fingerprint density at radius 1 is 1.13 bits per heavy atom. The van der Waals surface area contributed by atoms with E-state index in [2.05, 4.69) is 5.32 Å². The smallest absolute Gasteiger partial charge is 0.290 e. The van der Waals surface area contributed by atoms with E-state index in [1.807, 2.05) is 17.5 Å². The molecule has 0 spiro atoms. The fourth-order valence-corrected chi connectivity index (χ4v) is 4.69. The Morgan fingerprint density at radius 3 is 2.53 bits per heavy atom. The molecule has 1 aromatic carbocycles. The predicted octanol–water partition coefficient (Wildman–Crippen LogP) is 5.44. The van der Waals surface area contributed by atoms with Crippen molar-refractivity contribution in [3.8, 4) is 0 Å². The number of nitrogens with zero attached hydrogens (tertiary/aromatic N) is 1. The third kappa shape index (κ3) is 4.77. The van der Waals surface area contributed by atoms with Crippen LogP contribution in [0.15, 0.2) is 64.6 Å². The van der Waals surface area contributed by atoms with Crippen molar-refractivity contribution in [2.75, 3.05) is 0 Å². The predicted molar refractivity (Wildman–Crippen MR) is 117 cm³/mol. The van der Waals surface area contributed by atoms with E-state index in [0.29, 0.717) is 17.1 Å². The lowest BCUT2D eigenvalue weighted by atomic mass is 10.0. The Hall–Kier alpha value is -2.57. The molecule has 1 N–H and O–H groups in total. The van der Waals surface area contributed by atoms with E-state index in [9.17, 15) is 9.59 Å². The highest BCUT2D eigenvalue weighted by molar-refractivity contribution is 7.09. The molecule has 156 valence electrons. The van der Waals surface area contributed by atoms with E-state index in [4.69, 9.17) is 16.0 Å². The molecule has 7 heteroatoms. The van der Waals surface area contributed by atoms with Crippen LogP contribution in [0, 0.1) is 0 Å². The van der Waals surface area contributed by atoms with Crippen LogP contribution in [-0.4, -0.2) is 22.8 Å². The van der Waals surface area contributed by atoms with Gasteiger partial charge in [0.1, 0.15) is 6.04 Å². The molecule has 0 unspecified atom stereocenters. The molecule has 4 rings (SSSR count). The number of benzene rings is 1. The first kappa shape index (κ1) is 20.7. The molecule has 1 aliphatic carbocycles. The second kappa shape index (κ2) is 9.49. The van der Waals surface area contributed by atoms with Crippen molar-refractivity contribution in [3.05, 3.63) is 81.4 Å². The van der Waals surface area contributed by atoms with Crippen LogP contribution >= 0.6 is 22.9 Å². The van der Waals surface area contributed by atoms with Crippen LogP contribution in [0.2, 0.25) is 5.02 Å². The summed E-state index contributed by atoms with van der Waals surface area (Å²) in [5.41, 5.74) is 0.714. The van der Waals surface area contributed by atoms with Gasteiger partial charge >= 0.3 is 0 Å². The molecule has 1 aliphatic rings. The van der Waals surface area contributed by atoms with Crippen LogP contribution in [0.3, 0.4) is 0 Å². The minimum atomic E-state index is -0.789. The second-order valence-electron chi connectivity index (χ2n) is 7.43. The number of thiophene rings is 1. The summed E-state index contributed by atoms with van der Waals surface area (Å²) in [4.78, 5) is 29.4. The zero-order chi connectivity index (χ0) is 20.9. The maximum atomic E-state index is 13.5. The second-order valence-corrected chi connectivity index (χ2v) is 8.90. The highest BCUT2D eigenvalue weighted by Gasteiger charge is 2.34. The highest BCUT2D eigenvalue weighted by atomic mass is 35.5. The molecule has 2 amide bonds. The number of carbonyl (C=O) groups excluding carboxylic acids is 2. The lowest BCUT2D eigenvalue weighted by Gasteiger charge is -2.31. The summed E-state index contributed by atoms with van der Waals surface area (Å²) >= 11 is 7.63. The van der Waals surface area contributed by atoms with Gasteiger partial charge in [-0.2, -0.15) is 0 Å². The number of nitrogens with one attached hydrogen (secondary N) is 1. The first-order chi connectivity index (χ1) is 14.6. The largest absolute Gasteiger partial charge is 0.459 e. The summed E-state index contributed by atoms with van der Waals surface area (Å²) in [5.74, 6) is -0.296. The Kier molecular flexibility index (Phi) is 6.55. The molecule has 0 radical (unpaired) electrons. The lowest BCUT2D eigenvalue weighted by molar-refractivity contribution is -0.126. The van der Waals surface area contributed by atoms with Crippen molar-refractivity contribution < 1.29 is 14.0 Å². The van der Waals surface area contributed by atoms with Gasteiger partial charge in [0.25, 0.3) is 5.91 Å². The van der Waals surface area contributed by atoms with Crippen LogP contribution in [0.5, 0.6) is 0 Å². The van der Waals surface area contributed by atoms with Crippen molar-refractivity contribution >= 4 is 34.8 Å². The van der Waals surface area contributed by atoms with E-state index in [0.717, 1.165) is 30.6 Å². The molecule has 0 saturated heterocycles. The van der Waals surface area contributed by atoms with Gasteiger partial charge in [-0.3, -0.25) is 9.59 Å². The Morgan fingerprint density at radius 2 is 1.90 bits per heavy atom. The van der Waals surface area contributed by atoms with Crippen LogP contribution in [0.4, 0.5) is 0 Å². The zero-order valence-corrected chi connectivity index (χ0v) is 18.0. The Balaban J connectivity index is 1.71. The summed E-state index contributed by atoms with van der Waals surface area (Å²) in [5, 5.41) is 5.70. The zero-order valence-electron chi connectivity index (χ0n) is 16.4. The molecule has 1 atom stereocenters. The molecule has 1 fully saturated rings. The first-order valence-corrected chi connectivity index (χ1v) is 11.3. The van der Waals surface area contributed by atoms with Crippen LogP contribution in [-0.2, 0) is 11.3 Å². The Bertz CT molecular complexity index is 965. The van der Waals surface area contributed by atoms with Gasteiger partial charge in [-0.25, -0.2) is 0 Å². The van der Waals surface area contributed by atoms with Crippen LogP contribution < -0.4 is 5.32 Å². The monoisotopic (exact) mass is 442 g/mol. The van der Waals surface area contributed by atoms with E-state index in [1.165, 1.54) is 6.26 Å². The molecule has 5 nitrogen and oxygen atoms in total. The highest BCUT2D eigenvalue weighted by Crippen LogP contribution is 2.29. The molecule has 0 bridgehead atoms. The Labute approximate surface area is 184 Å². The molecule has 2 heterocycles. The number of rotatable bonds is 7. The van der Waals surface area contributed by atoms with Gasteiger partial charge in [0.05, 0.1) is 12.8 Å². The summed E-state index contributed by atoms with van der Waals surface area (Å²) in [6, 6.07) is 13.6. The fraction of sp³-hybridized carbons (Fsp3) is 0.304. The minimum absolute atomic E-state index is 0.148. The average Bonchev–Trinajstić information content (AvgIpc) is 3.52. The normalized spacial score (nSPS) is 15.1. The molecule has 3 aromatic rings. The fourth-order valence-electron chi connectivity index (χ4n) is 3.86. The number of carbonyl (C=O) groups is 2. The number of hydrogen-bond acceptors (Lipinski definition) is 4. The summed E-state index contributed by atoms with van der Waals surface area (Å²) in [7, 11) is 0. The van der Waals surface area contributed by atoms with Crippen LogP contribution in [0.25, 0.3) is 0 Å². The van der Waals surface area contributed by atoms with Crippen molar-refractivity contribution in [2.45, 2.75) is 44.3 Å². The maximum Gasteiger partial charge on any atom is 0.290 e. The summed E-state index contributed by atoms with van der Waals surface area (Å²) in [6.45, 7) is 0.308. The van der Waals surface area contributed by atoms with E-state index < -0.39 is 6.04 Å². The van der Waals surface area contributed by atoms with Gasteiger partial charge in [-0.15, -0.1) is 11.3 Å². The molecule has 1 saturated carbocycles. The molecule has 30 heavy (non-hydrogen) atoms. The SMILES string of the molecule is O=C(NC1CCCC1)[C@@H](c1ccc(Cl)cc1)N(Cc1cccs1)C(=O)c1ccco1. The standard InChI is InChI=1S/C23H23ClN2O3S/c24-17-11-9-16(10-12-17)21(22(27)25-18-5-1-2-6-18)26(15-19-7-4-14-30-19)23(28)20-8-3-13-29-20/h3-4,7-14,18,21H,1-2,5-6,15H2,(H,25,27)/t21-/m1/s1. The van der Waals surface area contributed by atoms with E-state index in [1.54, 1.807) is 52.6 Å². The first-order valence-electron chi connectivity index (χ1n) is 10.0. The third-order valence-electron chi connectivity index (χ3n) is 5.35. The third-order valence-corrected chi connectivity index (χ3v) is 6.46. The summed E-state index contributed by atoms with van der Waals surface area (Å²) in [6.07, 6.45) is 5.63. The number of furan rings is 1. The molecular formula is C23H23ClN2O3S. The number of hydrogen-bond donors (Lipinski definition) is 1. The molecule has 0 aliphatic heterocycles. The average molecular weight is 443 g/mol. The van der Waals surface area contributed by atoms with Gasteiger partial charge in [0.2, 0.25) is 5.91 Å². The number of halogens is 1. The van der Waals surface area contributed by atoms with Gasteiger partial charge < -0.3 is 14.6 Å². The van der Waals surface area contributed by atoms with Crippen LogP contribution in [0.1, 0.15) is 52.7 Å². The lowest BCUT2D eigenvalue weighted by Crippen LogP contribution is -2.45. The quantitative estimate of drug-likeness (QED) is 0.530. The van der Waals surface area contributed by atoms with E-state index >= 15 is 0 Å². The van der Waals surface area contributed by atoms with Crippen molar-refractivity contribution in [3.63, 3.8) is 0 Å². The van der Waals surface area contributed by atoms with Gasteiger partial charge in [-0.1, -0.05) is 42.6 Å². The maximum absolute atomic E-state index is 13.5. The van der Waals surface area contributed by atoms with Crippen molar-refractivity contribution in [1.29, 1.82) is 0 Å². The van der Waals surface area contributed by atoms with Gasteiger partial charge in [-0.05, 0) is 54.1 Å². The topological polar surface area (TPSA) is 62.6 Å². The van der Waals surface area contributed by atoms with Crippen molar-refractivity contribution in [1.82, 2.24) is 10.2 Å².